The maximum Gasteiger partial charge on any atom is 0.125 e. The number of benzene rings is 2. The number of hydrogen-bond donors (Lipinski definition) is 1. The van der Waals surface area contributed by atoms with Crippen LogP contribution in [0.4, 0.5) is 10.1 Å². The molecule has 1 fully saturated rings. The summed E-state index contributed by atoms with van der Waals surface area (Å²) in [6.45, 7) is 4.75. The summed E-state index contributed by atoms with van der Waals surface area (Å²) >= 11 is 6.47. The van der Waals surface area contributed by atoms with E-state index in [-0.39, 0.29) is 5.82 Å². The molecule has 1 atom stereocenters. The Balaban J connectivity index is 1.68. The number of aliphatic hydroxyl groups is 1. The van der Waals surface area contributed by atoms with Gasteiger partial charge >= 0.3 is 0 Å². The summed E-state index contributed by atoms with van der Waals surface area (Å²) in [6.07, 6.45) is 2.43. The van der Waals surface area contributed by atoms with Crippen molar-refractivity contribution < 1.29 is 14.2 Å². The third-order valence-electron chi connectivity index (χ3n) is 6.05. The Bertz CT molecular complexity index is 1310. The lowest BCUT2D eigenvalue weighted by Crippen LogP contribution is -2.36. The van der Waals surface area contributed by atoms with E-state index < -0.39 is 6.10 Å². The van der Waals surface area contributed by atoms with Gasteiger partial charge in [-0.1, -0.05) is 11.6 Å². The van der Waals surface area contributed by atoms with Crippen molar-refractivity contribution in [2.24, 2.45) is 0 Å². The van der Waals surface area contributed by atoms with Crippen molar-refractivity contribution in [3.63, 3.8) is 0 Å². The summed E-state index contributed by atoms with van der Waals surface area (Å²) in [6, 6.07) is 13.8. The highest BCUT2D eigenvalue weighted by molar-refractivity contribution is 6.31. The van der Waals surface area contributed by atoms with E-state index in [0.29, 0.717) is 46.0 Å². The first kappa shape index (κ1) is 21.8. The number of fused-ring (bicyclic) bond motifs is 1. The Morgan fingerprint density at radius 1 is 1.12 bits per heavy atom. The lowest BCUT2D eigenvalue weighted by atomic mass is 9.91. The van der Waals surface area contributed by atoms with Gasteiger partial charge in [-0.3, -0.25) is 4.98 Å². The monoisotopic (exact) mass is 463 g/mol. The Labute approximate surface area is 196 Å². The molecule has 0 saturated carbocycles. The molecule has 2 aromatic carbocycles. The van der Waals surface area contributed by atoms with Crippen LogP contribution in [0.5, 0.6) is 0 Å². The molecule has 0 spiro atoms. The van der Waals surface area contributed by atoms with Crippen molar-refractivity contribution in [1.82, 2.24) is 9.97 Å². The van der Waals surface area contributed by atoms with E-state index in [9.17, 15) is 9.50 Å². The summed E-state index contributed by atoms with van der Waals surface area (Å²) < 4.78 is 19.6. The maximum absolute atomic E-state index is 14.1. The molecular formula is C26H23ClFN3O2. The van der Waals surface area contributed by atoms with Crippen molar-refractivity contribution in [2.45, 2.75) is 13.0 Å². The minimum absolute atomic E-state index is 0.381. The molecule has 168 valence electrons. The largest absolute Gasteiger partial charge is 0.384 e. The fourth-order valence-corrected chi connectivity index (χ4v) is 4.66. The zero-order valence-corrected chi connectivity index (χ0v) is 18.9. The number of morpholine rings is 1. The smallest absolute Gasteiger partial charge is 0.125 e. The Morgan fingerprint density at radius 3 is 2.70 bits per heavy atom. The second kappa shape index (κ2) is 9.06. The van der Waals surface area contributed by atoms with Gasteiger partial charge in [0, 0.05) is 53.2 Å². The van der Waals surface area contributed by atoms with Crippen molar-refractivity contribution in [3.8, 4) is 11.3 Å². The van der Waals surface area contributed by atoms with E-state index in [1.807, 2.05) is 31.2 Å². The average Bonchev–Trinajstić information content (AvgIpc) is 2.84. The Morgan fingerprint density at radius 2 is 1.94 bits per heavy atom. The fourth-order valence-electron chi connectivity index (χ4n) is 4.42. The van der Waals surface area contributed by atoms with Crippen molar-refractivity contribution in [2.75, 3.05) is 31.2 Å². The normalized spacial score (nSPS) is 15.1. The van der Waals surface area contributed by atoms with Crippen LogP contribution >= 0.6 is 11.6 Å². The van der Waals surface area contributed by atoms with Gasteiger partial charge < -0.3 is 14.7 Å². The number of rotatable bonds is 4. The standard InChI is InChI=1S/C26H23ClFN3O2/c1-16-24(26(32)18-11-19(27)13-21(12-18)31-7-9-33-10-8-31)22-5-4-20(28)14-23(22)30-25(16)17-3-2-6-29-15-17/h2-6,11-15,26,32H,7-10H2,1H3. The van der Waals surface area contributed by atoms with Crippen LogP contribution in [0.3, 0.4) is 0 Å². The Kier molecular flexibility index (Phi) is 5.98. The van der Waals surface area contributed by atoms with Gasteiger partial charge in [-0.15, -0.1) is 0 Å². The molecule has 1 N–H and O–H groups in total. The number of anilines is 1. The molecule has 1 aliphatic rings. The first-order chi connectivity index (χ1) is 16.0. The average molecular weight is 464 g/mol. The zero-order chi connectivity index (χ0) is 22.9. The number of nitrogens with zero attached hydrogens (tertiary/aromatic N) is 3. The molecule has 1 unspecified atom stereocenters. The third-order valence-corrected chi connectivity index (χ3v) is 6.26. The molecule has 5 nitrogen and oxygen atoms in total. The molecule has 1 aliphatic heterocycles. The van der Waals surface area contributed by atoms with Crippen LogP contribution in [-0.2, 0) is 4.74 Å². The second-order valence-corrected chi connectivity index (χ2v) is 8.58. The van der Waals surface area contributed by atoms with Crippen LogP contribution in [0.25, 0.3) is 22.2 Å². The fraction of sp³-hybridized carbons (Fsp3) is 0.231. The summed E-state index contributed by atoms with van der Waals surface area (Å²) in [4.78, 5) is 11.1. The van der Waals surface area contributed by atoms with Crippen molar-refractivity contribution in [3.05, 3.63) is 88.5 Å². The predicted molar refractivity (Wildman–Crippen MR) is 128 cm³/mol. The first-order valence-electron chi connectivity index (χ1n) is 10.8. The third kappa shape index (κ3) is 4.29. The number of pyridine rings is 2. The highest BCUT2D eigenvalue weighted by atomic mass is 35.5. The number of ether oxygens (including phenoxy) is 1. The van der Waals surface area contributed by atoms with Crippen LogP contribution < -0.4 is 4.90 Å². The second-order valence-electron chi connectivity index (χ2n) is 8.15. The Hall–Kier alpha value is -3.06. The predicted octanol–water partition coefficient (Wildman–Crippen LogP) is 5.32. The highest BCUT2D eigenvalue weighted by Gasteiger charge is 2.23. The number of halogens is 2. The summed E-state index contributed by atoms with van der Waals surface area (Å²) in [5.74, 6) is -0.381. The molecule has 4 aromatic rings. The molecule has 5 rings (SSSR count). The van der Waals surface area contributed by atoms with Crippen LogP contribution in [0.1, 0.15) is 22.8 Å². The SMILES string of the molecule is Cc1c(-c2cccnc2)nc2cc(F)ccc2c1C(O)c1cc(Cl)cc(N2CCOCC2)c1. The lowest BCUT2D eigenvalue weighted by Gasteiger charge is -2.30. The minimum atomic E-state index is -0.977. The molecule has 2 aromatic heterocycles. The van der Waals surface area contributed by atoms with Gasteiger partial charge in [0.25, 0.3) is 0 Å². The lowest BCUT2D eigenvalue weighted by molar-refractivity contribution is 0.122. The first-order valence-corrected chi connectivity index (χ1v) is 11.2. The van der Waals surface area contributed by atoms with E-state index in [0.717, 1.165) is 29.9 Å². The van der Waals surface area contributed by atoms with Gasteiger partial charge in [0.05, 0.1) is 24.4 Å². The van der Waals surface area contributed by atoms with E-state index in [2.05, 4.69) is 9.88 Å². The molecule has 33 heavy (non-hydrogen) atoms. The van der Waals surface area contributed by atoms with Gasteiger partial charge in [-0.2, -0.15) is 0 Å². The molecule has 3 heterocycles. The van der Waals surface area contributed by atoms with E-state index >= 15 is 0 Å². The van der Waals surface area contributed by atoms with Crippen LogP contribution in [0.15, 0.2) is 60.9 Å². The molecule has 1 saturated heterocycles. The van der Waals surface area contributed by atoms with E-state index in [4.69, 9.17) is 21.3 Å². The summed E-state index contributed by atoms with van der Waals surface area (Å²) in [5.41, 5.74) is 5.02. The molecule has 0 amide bonds. The van der Waals surface area contributed by atoms with E-state index in [1.165, 1.54) is 12.1 Å². The maximum atomic E-state index is 14.1. The summed E-state index contributed by atoms with van der Waals surface area (Å²) in [5, 5.41) is 12.9. The molecular weight excluding hydrogens is 441 g/mol. The van der Waals surface area contributed by atoms with Crippen LogP contribution in [0.2, 0.25) is 5.02 Å². The number of aromatic nitrogens is 2. The van der Waals surface area contributed by atoms with Gasteiger partial charge in [-0.25, -0.2) is 9.37 Å². The zero-order valence-electron chi connectivity index (χ0n) is 18.1. The van der Waals surface area contributed by atoms with Crippen LogP contribution in [0, 0.1) is 12.7 Å². The molecule has 0 aliphatic carbocycles. The highest BCUT2D eigenvalue weighted by Crippen LogP contribution is 2.38. The van der Waals surface area contributed by atoms with Crippen LogP contribution in [-0.4, -0.2) is 41.4 Å². The van der Waals surface area contributed by atoms with Gasteiger partial charge in [0.15, 0.2) is 0 Å². The number of aliphatic hydroxyl groups excluding tert-OH is 1. The molecule has 7 heteroatoms. The van der Waals surface area contributed by atoms with Gasteiger partial charge in [-0.05, 0) is 66.1 Å². The topological polar surface area (TPSA) is 58.5 Å². The van der Waals surface area contributed by atoms with Gasteiger partial charge in [0.2, 0.25) is 0 Å². The molecule has 0 bridgehead atoms. The summed E-state index contributed by atoms with van der Waals surface area (Å²) in [7, 11) is 0. The number of hydrogen-bond acceptors (Lipinski definition) is 5. The van der Waals surface area contributed by atoms with Crippen molar-refractivity contribution >= 4 is 28.2 Å². The van der Waals surface area contributed by atoms with Crippen molar-refractivity contribution in [1.29, 1.82) is 0 Å². The van der Waals surface area contributed by atoms with Gasteiger partial charge in [0.1, 0.15) is 11.9 Å². The van der Waals surface area contributed by atoms with E-state index in [1.54, 1.807) is 24.5 Å². The minimum Gasteiger partial charge on any atom is -0.384 e. The molecule has 0 radical (unpaired) electrons. The quantitative estimate of drug-likeness (QED) is 0.444.